The number of rotatable bonds is 5. The number of halogens is 1. The molecule has 0 saturated heterocycles. The normalized spacial score (nSPS) is 10.2. The first-order valence-electron chi connectivity index (χ1n) is 6.80. The number of hydrogen-bond donors (Lipinski definition) is 3. The maximum Gasteiger partial charge on any atom is 0.251 e. The summed E-state index contributed by atoms with van der Waals surface area (Å²) in [6.45, 7) is 2.68. The number of nitrogens with one attached hydrogen (secondary N) is 2. The van der Waals surface area contributed by atoms with Crippen LogP contribution < -0.4 is 16.4 Å². The van der Waals surface area contributed by atoms with E-state index < -0.39 is 0 Å². The lowest BCUT2D eigenvalue weighted by Gasteiger charge is -2.11. The minimum Gasteiger partial charge on any atom is -0.397 e. The van der Waals surface area contributed by atoms with Crippen LogP contribution in [0.15, 0.2) is 46.9 Å². The van der Waals surface area contributed by atoms with Crippen LogP contribution in [-0.2, 0) is 0 Å². The Morgan fingerprint density at radius 2 is 1.90 bits per heavy atom. The van der Waals surface area contributed by atoms with Crippen LogP contribution in [0.5, 0.6) is 0 Å². The topological polar surface area (TPSA) is 67.2 Å². The summed E-state index contributed by atoms with van der Waals surface area (Å²) >= 11 is 3.39. The Kier molecular flexibility index (Phi) is 5.22. The molecule has 21 heavy (non-hydrogen) atoms. The zero-order valence-corrected chi connectivity index (χ0v) is 13.4. The molecule has 0 aliphatic rings. The molecule has 0 aliphatic heterocycles. The van der Waals surface area contributed by atoms with Gasteiger partial charge in [0.05, 0.1) is 11.4 Å². The molecule has 5 heteroatoms. The molecule has 2 aromatic rings. The van der Waals surface area contributed by atoms with Crippen molar-refractivity contribution < 1.29 is 4.79 Å². The summed E-state index contributed by atoms with van der Waals surface area (Å²) in [7, 11) is 0. The Morgan fingerprint density at radius 3 is 2.52 bits per heavy atom. The van der Waals surface area contributed by atoms with Crippen molar-refractivity contribution in [3.63, 3.8) is 0 Å². The zero-order chi connectivity index (χ0) is 15.2. The SMILES string of the molecule is CCCNC(=O)c1ccc(Nc2ccc(Br)cc2)c(N)c1. The van der Waals surface area contributed by atoms with E-state index >= 15 is 0 Å². The first kappa shape index (κ1) is 15.4. The van der Waals surface area contributed by atoms with Gasteiger partial charge in [0.15, 0.2) is 0 Å². The third kappa shape index (κ3) is 4.23. The predicted molar refractivity (Wildman–Crippen MR) is 90.9 cm³/mol. The van der Waals surface area contributed by atoms with E-state index in [1.54, 1.807) is 12.1 Å². The van der Waals surface area contributed by atoms with Gasteiger partial charge in [-0.25, -0.2) is 0 Å². The van der Waals surface area contributed by atoms with Crippen molar-refractivity contribution in [3.8, 4) is 0 Å². The van der Waals surface area contributed by atoms with Crippen molar-refractivity contribution >= 4 is 38.9 Å². The van der Waals surface area contributed by atoms with E-state index in [9.17, 15) is 4.79 Å². The molecule has 0 saturated carbocycles. The molecule has 110 valence electrons. The summed E-state index contributed by atoms with van der Waals surface area (Å²) in [5.74, 6) is -0.0984. The van der Waals surface area contributed by atoms with Crippen molar-refractivity contribution in [2.75, 3.05) is 17.6 Å². The number of carbonyl (C=O) groups is 1. The lowest BCUT2D eigenvalue weighted by atomic mass is 10.1. The highest BCUT2D eigenvalue weighted by molar-refractivity contribution is 9.10. The summed E-state index contributed by atoms with van der Waals surface area (Å²) in [5, 5.41) is 6.06. The van der Waals surface area contributed by atoms with E-state index in [1.807, 2.05) is 37.3 Å². The highest BCUT2D eigenvalue weighted by Gasteiger charge is 2.07. The molecule has 0 aromatic heterocycles. The molecule has 1 amide bonds. The fraction of sp³-hybridized carbons (Fsp3) is 0.188. The summed E-state index contributed by atoms with van der Waals surface area (Å²) in [6.07, 6.45) is 0.907. The minimum absolute atomic E-state index is 0.0984. The standard InChI is InChI=1S/C16H18BrN3O/c1-2-9-19-16(21)11-3-8-15(14(18)10-11)20-13-6-4-12(17)5-7-13/h3-8,10,20H,2,9,18H2,1H3,(H,19,21). The van der Waals surface area contributed by atoms with Crippen molar-refractivity contribution in [1.82, 2.24) is 5.32 Å². The fourth-order valence-electron chi connectivity index (χ4n) is 1.85. The Balaban J connectivity index is 2.12. The Labute approximate surface area is 132 Å². The Morgan fingerprint density at radius 1 is 1.19 bits per heavy atom. The quantitative estimate of drug-likeness (QED) is 0.718. The van der Waals surface area contributed by atoms with Gasteiger partial charge in [0, 0.05) is 22.3 Å². The molecule has 0 bridgehead atoms. The fourth-order valence-corrected chi connectivity index (χ4v) is 2.11. The number of carbonyl (C=O) groups excluding carboxylic acids is 1. The zero-order valence-electron chi connectivity index (χ0n) is 11.8. The highest BCUT2D eigenvalue weighted by Crippen LogP contribution is 2.25. The van der Waals surface area contributed by atoms with E-state index in [-0.39, 0.29) is 5.91 Å². The van der Waals surface area contributed by atoms with E-state index in [2.05, 4.69) is 26.6 Å². The second-order valence-electron chi connectivity index (χ2n) is 4.69. The second kappa shape index (κ2) is 7.13. The number of hydrogen-bond acceptors (Lipinski definition) is 3. The molecule has 0 radical (unpaired) electrons. The molecular formula is C16H18BrN3O. The average Bonchev–Trinajstić information content (AvgIpc) is 2.49. The van der Waals surface area contributed by atoms with Crippen LogP contribution in [0.25, 0.3) is 0 Å². The van der Waals surface area contributed by atoms with Crippen LogP contribution in [0.1, 0.15) is 23.7 Å². The van der Waals surface area contributed by atoms with Gasteiger partial charge in [0.1, 0.15) is 0 Å². The minimum atomic E-state index is -0.0984. The van der Waals surface area contributed by atoms with E-state index in [0.29, 0.717) is 17.8 Å². The number of anilines is 3. The second-order valence-corrected chi connectivity index (χ2v) is 5.61. The Bertz CT molecular complexity index is 626. The van der Waals surface area contributed by atoms with Crippen LogP contribution in [0.3, 0.4) is 0 Å². The Hall–Kier alpha value is -2.01. The van der Waals surface area contributed by atoms with Gasteiger partial charge < -0.3 is 16.4 Å². The highest BCUT2D eigenvalue weighted by atomic mass is 79.9. The smallest absolute Gasteiger partial charge is 0.251 e. The largest absolute Gasteiger partial charge is 0.397 e. The summed E-state index contributed by atoms with van der Waals surface area (Å²) in [6, 6.07) is 13.1. The van der Waals surface area contributed by atoms with Gasteiger partial charge in [-0.3, -0.25) is 4.79 Å². The number of nitrogen functional groups attached to an aromatic ring is 1. The molecule has 2 aromatic carbocycles. The lowest BCUT2D eigenvalue weighted by Crippen LogP contribution is -2.24. The van der Waals surface area contributed by atoms with Gasteiger partial charge >= 0.3 is 0 Å². The number of benzene rings is 2. The first-order chi connectivity index (χ1) is 10.1. The summed E-state index contributed by atoms with van der Waals surface area (Å²) < 4.78 is 1.02. The maximum atomic E-state index is 11.9. The third-order valence-electron chi connectivity index (χ3n) is 2.97. The van der Waals surface area contributed by atoms with Gasteiger partial charge in [0.2, 0.25) is 0 Å². The van der Waals surface area contributed by atoms with Gasteiger partial charge in [-0.05, 0) is 48.9 Å². The van der Waals surface area contributed by atoms with Crippen molar-refractivity contribution in [3.05, 3.63) is 52.5 Å². The monoisotopic (exact) mass is 347 g/mol. The average molecular weight is 348 g/mol. The number of nitrogens with two attached hydrogens (primary N) is 1. The molecule has 4 N–H and O–H groups in total. The first-order valence-corrected chi connectivity index (χ1v) is 7.59. The van der Waals surface area contributed by atoms with Gasteiger partial charge in [-0.1, -0.05) is 22.9 Å². The van der Waals surface area contributed by atoms with Gasteiger partial charge in [-0.2, -0.15) is 0 Å². The molecule has 0 heterocycles. The molecular weight excluding hydrogens is 330 g/mol. The molecule has 2 rings (SSSR count). The molecule has 0 atom stereocenters. The molecule has 0 unspecified atom stereocenters. The van der Waals surface area contributed by atoms with Crippen LogP contribution in [0.4, 0.5) is 17.1 Å². The van der Waals surface area contributed by atoms with E-state index in [0.717, 1.165) is 22.3 Å². The summed E-state index contributed by atoms with van der Waals surface area (Å²) in [4.78, 5) is 11.9. The van der Waals surface area contributed by atoms with Gasteiger partial charge in [-0.15, -0.1) is 0 Å². The molecule has 0 fully saturated rings. The summed E-state index contributed by atoms with van der Waals surface area (Å²) in [5.41, 5.74) is 8.85. The van der Waals surface area contributed by atoms with Crippen molar-refractivity contribution in [1.29, 1.82) is 0 Å². The van der Waals surface area contributed by atoms with Crippen molar-refractivity contribution in [2.24, 2.45) is 0 Å². The van der Waals surface area contributed by atoms with E-state index in [4.69, 9.17) is 5.73 Å². The van der Waals surface area contributed by atoms with Gasteiger partial charge in [0.25, 0.3) is 5.91 Å². The predicted octanol–water partition coefficient (Wildman–Crippen LogP) is 3.91. The van der Waals surface area contributed by atoms with E-state index in [1.165, 1.54) is 0 Å². The van der Waals surface area contributed by atoms with Crippen LogP contribution in [0, 0.1) is 0 Å². The molecule has 0 spiro atoms. The molecule has 0 aliphatic carbocycles. The lowest BCUT2D eigenvalue weighted by molar-refractivity contribution is 0.0953. The van der Waals surface area contributed by atoms with Crippen LogP contribution in [-0.4, -0.2) is 12.5 Å². The van der Waals surface area contributed by atoms with Crippen LogP contribution in [0.2, 0.25) is 0 Å². The molecule has 4 nitrogen and oxygen atoms in total. The maximum absolute atomic E-state index is 11.9. The number of amides is 1. The third-order valence-corrected chi connectivity index (χ3v) is 3.50. The van der Waals surface area contributed by atoms with Crippen LogP contribution >= 0.6 is 15.9 Å². The van der Waals surface area contributed by atoms with Crippen molar-refractivity contribution in [2.45, 2.75) is 13.3 Å².